The van der Waals surface area contributed by atoms with Crippen molar-refractivity contribution in [2.75, 3.05) is 11.2 Å². The Bertz CT molecular complexity index is 149. The number of alkyl carbamates (subject to hydrolysis) is 1. The third kappa shape index (κ3) is 7.37. The lowest BCUT2D eigenvalue weighted by atomic mass is 10.4. The van der Waals surface area contributed by atoms with Gasteiger partial charge in [-0.15, -0.1) is 0 Å². The number of hydrogen-bond acceptors (Lipinski definition) is 3. The molecule has 0 aliphatic heterocycles. The molecule has 0 aliphatic rings. The van der Waals surface area contributed by atoms with Crippen LogP contribution >= 0.6 is 22.6 Å². The minimum atomic E-state index is -0.945. The van der Waals surface area contributed by atoms with Crippen molar-refractivity contribution in [3.05, 3.63) is 0 Å². The summed E-state index contributed by atoms with van der Waals surface area (Å²) in [5.74, 6) is -0.945. The number of nitrogens with one attached hydrogen (secondary N) is 1. The largest absolute Gasteiger partial charge is 0.481 e. The Morgan fingerprint density at radius 1 is 1.55 bits per heavy atom. The number of rotatable bonds is 4. The van der Waals surface area contributed by atoms with Crippen molar-refractivity contribution in [3.63, 3.8) is 0 Å². The van der Waals surface area contributed by atoms with Gasteiger partial charge in [-0.25, -0.2) is 4.79 Å². The van der Waals surface area contributed by atoms with Gasteiger partial charge in [-0.1, -0.05) is 0 Å². The second kappa shape index (κ2) is 6.20. The van der Waals surface area contributed by atoms with Gasteiger partial charge in [0.05, 0.1) is 6.42 Å². The summed E-state index contributed by atoms with van der Waals surface area (Å²) < 4.78 is 4.73. The molecule has 0 atom stereocenters. The number of halogens is 1. The molecular formula is C5H8INO4. The van der Waals surface area contributed by atoms with Gasteiger partial charge in [0.15, 0.2) is 0 Å². The maximum atomic E-state index is 10.5. The van der Waals surface area contributed by atoms with Crippen molar-refractivity contribution in [1.82, 2.24) is 5.32 Å². The lowest BCUT2D eigenvalue weighted by molar-refractivity contribution is -0.136. The predicted molar refractivity (Wildman–Crippen MR) is 45.6 cm³/mol. The van der Waals surface area contributed by atoms with Gasteiger partial charge in [-0.3, -0.25) is 4.79 Å². The average Bonchev–Trinajstić information content (AvgIpc) is 1.87. The van der Waals surface area contributed by atoms with E-state index >= 15 is 0 Å². The van der Waals surface area contributed by atoms with Crippen molar-refractivity contribution in [2.24, 2.45) is 0 Å². The SMILES string of the molecule is O=C(O)CCNC(=O)OCI. The summed E-state index contributed by atoms with van der Waals surface area (Å²) in [6.07, 6.45) is -0.670. The smallest absolute Gasteiger partial charge is 0.407 e. The predicted octanol–water partition coefficient (Wildman–Crippen LogP) is 0.580. The fourth-order valence-corrected chi connectivity index (χ4v) is 0.655. The maximum absolute atomic E-state index is 10.5. The van der Waals surface area contributed by atoms with E-state index in [1.165, 1.54) is 0 Å². The maximum Gasteiger partial charge on any atom is 0.407 e. The van der Waals surface area contributed by atoms with Gasteiger partial charge in [0.25, 0.3) is 0 Å². The van der Waals surface area contributed by atoms with Crippen molar-refractivity contribution in [2.45, 2.75) is 6.42 Å². The molecule has 0 aromatic rings. The molecule has 0 heterocycles. The summed E-state index contributed by atoms with van der Waals surface area (Å²) in [4.78, 5) is 20.4. The third-order valence-electron chi connectivity index (χ3n) is 0.794. The van der Waals surface area contributed by atoms with E-state index in [1.54, 1.807) is 0 Å². The first-order chi connectivity index (χ1) is 5.16. The molecular weight excluding hydrogens is 265 g/mol. The minimum Gasteiger partial charge on any atom is -0.481 e. The molecule has 0 saturated heterocycles. The molecule has 0 unspecified atom stereocenters. The van der Waals surface area contributed by atoms with Gasteiger partial charge in [0.2, 0.25) is 0 Å². The van der Waals surface area contributed by atoms with Crippen LogP contribution in [0.5, 0.6) is 0 Å². The van der Waals surface area contributed by atoms with Crippen LogP contribution in [0.2, 0.25) is 0 Å². The van der Waals surface area contributed by atoms with Gasteiger partial charge in [-0.2, -0.15) is 0 Å². The fourth-order valence-electron chi connectivity index (χ4n) is 0.372. The van der Waals surface area contributed by atoms with Gasteiger partial charge in [0, 0.05) is 6.54 Å². The second-order valence-corrected chi connectivity index (χ2v) is 2.23. The van der Waals surface area contributed by atoms with E-state index in [2.05, 4.69) is 10.1 Å². The number of aliphatic carboxylic acids is 1. The highest BCUT2D eigenvalue weighted by Crippen LogP contribution is 1.84. The van der Waals surface area contributed by atoms with E-state index in [9.17, 15) is 9.59 Å². The van der Waals surface area contributed by atoms with Gasteiger partial charge in [-0.05, 0) is 22.6 Å². The normalized spacial score (nSPS) is 8.82. The van der Waals surface area contributed by atoms with Crippen LogP contribution in [-0.2, 0) is 9.53 Å². The number of carboxylic acid groups (broad SMARTS) is 1. The van der Waals surface area contributed by atoms with E-state index < -0.39 is 12.1 Å². The molecule has 0 spiro atoms. The van der Waals surface area contributed by atoms with Crippen LogP contribution in [0.4, 0.5) is 4.79 Å². The summed E-state index contributed by atoms with van der Waals surface area (Å²) in [5.41, 5.74) is 0. The summed E-state index contributed by atoms with van der Waals surface area (Å²) in [7, 11) is 0. The highest BCUT2D eigenvalue weighted by molar-refractivity contribution is 14.1. The molecule has 0 aliphatic carbocycles. The van der Waals surface area contributed by atoms with E-state index in [1.807, 2.05) is 22.6 Å². The van der Waals surface area contributed by atoms with E-state index in [4.69, 9.17) is 5.11 Å². The zero-order valence-corrected chi connectivity index (χ0v) is 7.83. The van der Waals surface area contributed by atoms with Crippen molar-refractivity contribution in [1.29, 1.82) is 0 Å². The molecule has 0 rings (SSSR count). The van der Waals surface area contributed by atoms with Crippen LogP contribution in [0.15, 0.2) is 0 Å². The molecule has 0 saturated carbocycles. The summed E-state index contributed by atoms with van der Waals surface area (Å²) in [6, 6.07) is 0. The highest BCUT2D eigenvalue weighted by atomic mass is 127. The third-order valence-corrected chi connectivity index (χ3v) is 1.11. The minimum absolute atomic E-state index is 0.0870. The summed E-state index contributed by atoms with van der Waals surface area (Å²) in [5, 5.41) is 10.4. The molecule has 0 aromatic heterocycles. The number of ether oxygens (including phenoxy) is 1. The van der Waals surface area contributed by atoms with Gasteiger partial charge in [0.1, 0.15) is 4.61 Å². The number of carbonyl (C=O) groups excluding carboxylic acids is 1. The van der Waals surface area contributed by atoms with Crippen LogP contribution in [0.3, 0.4) is 0 Å². The Hall–Kier alpha value is -0.530. The van der Waals surface area contributed by atoms with E-state index in [-0.39, 0.29) is 17.6 Å². The molecule has 5 nitrogen and oxygen atoms in total. The Morgan fingerprint density at radius 3 is 2.64 bits per heavy atom. The molecule has 11 heavy (non-hydrogen) atoms. The molecule has 0 fully saturated rings. The Morgan fingerprint density at radius 2 is 2.18 bits per heavy atom. The lowest BCUT2D eigenvalue weighted by Gasteiger charge is -2.01. The van der Waals surface area contributed by atoms with Crippen molar-refractivity contribution >= 4 is 34.7 Å². The second-order valence-electron chi connectivity index (χ2n) is 1.61. The monoisotopic (exact) mass is 273 g/mol. The number of alkyl halides is 1. The molecule has 1 amide bonds. The molecule has 0 aromatic carbocycles. The standard InChI is InChI=1S/C5H8INO4/c6-3-11-5(10)7-2-1-4(8)9/h1-3H2,(H,7,10)(H,8,9). The Labute approximate surface area is 77.2 Å². The van der Waals surface area contributed by atoms with E-state index in [0.29, 0.717) is 0 Å². The topological polar surface area (TPSA) is 75.6 Å². The first-order valence-corrected chi connectivity index (χ1v) is 4.37. The fraction of sp³-hybridized carbons (Fsp3) is 0.600. The highest BCUT2D eigenvalue weighted by Gasteiger charge is 2.00. The molecule has 0 radical (unpaired) electrons. The van der Waals surface area contributed by atoms with Crippen molar-refractivity contribution < 1.29 is 19.4 Å². The molecule has 6 heteroatoms. The zero-order chi connectivity index (χ0) is 8.69. The van der Waals surface area contributed by atoms with Crippen LogP contribution in [0.25, 0.3) is 0 Å². The lowest BCUT2D eigenvalue weighted by Crippen LogP contribution is -2.26. The first kappa shape index (κ1) is 10.5. The van der Waals surface area contributed by atoms with Crippen LogP contribution < -0.4 is 5.32 Å². The summed E-state index contributed by atoms with van der Waals surface area (Å²) in [6.45, 7) is 0.102. The number of carbonyl (C=O) groups is 2. The van der Waals surface area contributed by atoms with Gasteiger partial charge < -0.3 is 15.2 Å². The molecule has 0 bridgehead atoms. The van der Waals surface area contributed by atoms with E-state index in [0.717, 1.165) is 0 Å². The first-order valence-electron chi connectivity index (χ1n) is 2.85. The number of amides is 1. The zero-order valence-electron chi connectivity index (χ0n) is 5.67. The van der Waals surface area contributed by atoms with Crippen LogP contribution in [0.1, 0.15) is 6.42 Å². The quantitative estimate of drug-likeness (QED) is 0.580. The van der Waals surface area contributed by atoms with Crippen LogP contribution in [0, 0.1) is 0 Å². The molecule has 64 valence electrons. The summed E-state index contributed by atoms with van der Waals surface area (Å²) >= 11 is 1.87. The Balaban J connectivity index is 3.24. The van der Waals surface area contributed by atoms with Crippen molar-refractivity contribution in [3.8, 4) is 0 Å². The Kier molecular flexibility index (Phi) is 5.90. The molecule has 2 N–H and O–H groups in total. The van der Waals surface area contributed by atoms with Crippen LogP contribution in [-0.4, -0.2) is 28.3 Å². The average molecular weight is 273 g/mol. The number of hydrogen-bond donors (Lipinski definition) is 2. The van der Waals surface area contributed by atoms with Gasteiger partial charge >= 0.3 is 12.1 Å². The number of carboxylic acids is 1.